The smallest absolute Gasteiger partial charge is 0.322 e. The number of urea groups is 1. The Labute approximate surface area is 153 Å². The maximum absolute atomic E-state index is 12.7. The Morgan fingerprint density at radius 3 is 3.12 bits per heavy atom. The van der Waals surface area contributed by atoms with Crippen molar-refractivity contribution in [1.29, 1.82) is 0 Å². The van der Waals surface area contributed by atoms with Gasteiger partial charge in [0.1, 0.15) is 5.75 Å². The average molecular weight is 378 g/mol. The molecule has 2 aromatic rings. The molecule has 1 saturated heterocycles. The number of carbonyl (C=O) groups excluding carboxylic acids is 2. The van der Waals surface area contributed by atoms with Gasteiger partial charge in [0, 0.05) is 12.6 Å². The van der Waals surface area contributed by atoms with E-state index in [0.717, 1.165) is 12.8 Å². The molecule has 25 heavy (non-hydrogen) atoms. The first-order valence-corrected chi connectivity index (χ1v) is 9.30. The van der Waals surface area contributed by atoms with Crippen LogP contribution in [0.4, 0.5) is 16.2 Å². The third-order valence-electron chi connectivity index (χ3n) is 4.39. The molecule has 1 fully saturated rings. The van der Waals surface area contributed by atoms with E-state index >= 15 is 0 Å². The monoisotopic (exact) mass is 377 g/mol. The number of hydrogen-bond donors (Lipinski definition) is 2. The Balaban J connectivity index is 1.54. The van der Waals surface area contributed by atoms with Gasteiger partial charge < -0.3 is 20.3 Å². The molecule has 0 radical (unpaired) electrons. The molecule has 2 N–H and O–H groups in total. The number of amides is 3. The van der Waals surface area contributed by atoms with Crippen molar-refractivity contribution < 1.29 is 14.3 Å². The lowest BCUT2D eigenvalue weighted by Crippen LogP contribution is -2.34. The van der Waals surface area contributed by atoms with Crippen LogP contribution in [0.5, 0.6) is 5.75 Å². The first-order valence-electron chi connectivity index (χ1n) is 7.98. The minimum atomic E-state index is -0.226. The third kappa shape index (κ3) is 3.17. The summed E-state index contributed by atoms with van der Waals surface area (Å²) in [4.78, 5) is 25.9. The molecule has 2 aliphatic rings. The quantitative estimate of drug-likeness (QED) is 0.827. The van der Waals surface area contributed by atoms with Gasteiger partial charge in [-0.3, -0.25) is 4.79 Å². The van der Waals surface area contributed by atoms with Crippen molar-refractivity contribution in [2.75, 3.05) is 23.8 Å². The molecule has 0 saturated carbocycles. The lowest BCUT2D eigenvalue weighted by molar-refractivity contribution is -0.118. The minimum absolute atomic E-state index is 0.0472. The molecule has 3 heterocycles. The highest BCUT2D eigenvalue weighted by atomic mass is 35.5. The number of benzene rings is 1. The number of hydrogen-bond acceptors (Lipinski definition) is 4. The summed E-state index contributed by atoms with van der Waals surface area (Å²) in [6.45, 7) is 0.663. The van der Waals surface area contributed by atoms with Crippen molar-refractivity contribution >= 4 is 46.3 Å². The molecule has 4 rings (SSSR count). The molecule has 2 aliphatic heterocycles. The lowest BCUT2D eigenvalue weighted by Gasteiger charge is -2.25. The Morgan fingerprint density at radius 1 is 1.44 bits per heavy atom. The van der Waals surface area contributed by atoms with Crippen molar-refractivity contribution in [3.63, 3.8) is 0 Å². The van der Waals surface area contributed by atoms with Crippen LogP contribution in [0.15, 0.2) is 29.0 Å². The molecule has 1 atom stereocenters. The molecular weight excluding hydrogens is 362 g/mol. The van der Waals surface area contributed by atoms with E-state index in [1.165, 1.54) is 5.56 Å². The SMILES string of the molecule is O=C1COc2cc(NC(=O)N3CCC[C@@H]3c3ccsc3)c(Cl)cc2N1. The Kier molecular flexibility index (Phi) is 4.27. The highest BCUT2D eigenvalue weighted by Gasteiger charge is 2.30. The second-order valence-electron chi connectivity index (χ2n) is 6.00. The number of thiophene rings is 1. The van der Waals surface area contributed by atoms with Crippen LogP contribution in [-0.4, -0.2) is 30.0 Å². The Morgan fingerprint density at radius 2 is 2.32 bits per heavy atom. The number of likely N-dealkylation sites (tertiary alicyclic amines) is 1. The number of ether oxygens (including phenoxy) is 1. The van der Waals surface area contributed by atoms with Gasteiger partial charge in [-0.1, -0.05) is 11.6 Å². The fourth-order valence-electron chi connectivity index (χ4n) is 3.20. The molecule has 6 nitrogen and oxygen atoms in total. The molecule has 3 amide bonds. The fourth-order valence-corrected chi connectivity index (χ4v) is 4.12. The van der Waals surface area contributed by atoms with Gasteiger partial charge in [0.25, 0.3) is 5.91 Å². The zero-order chi connectivity index (χ0) is 17.4. The minimum Gasteiger partial charge on any atom is -0.482 e. The predicted octanol–water partition coefficient (Wildman–Crippen LogP) is 4.10. The van der Waals surface area contributed by atoms with Gasteiger partial charge in [-0.05, 0) is 41.3 Å². The summed E-state index contributed by atoms with van der Waals surface area (Å²) in [6.07, 6.45) is 1.93. The van der Waals surface area contributed by atoms with Gasteiger partial charge in [-0.2, -0.15) is 11.3 Å². The van der Waals surface area contributed by atoms with E-state index in [0.29, 0.717) is 28.7 Å². The highest BCUT2D eigenvalue weighted by Crippen LogP contribution is 2.38. The molecule has 0 unspecified atom stereocenters. The van der Waals surface area contributed by atoms with E-state index in [1.54, 1.807) is 23.5 Å². The maximum Gasteiger partial charge on any atom is 0.322 e. The van der Waals surface area contributed by atoms with Crippen LogP contribution in [0, 0.1) is 0 Å². The van der Waals surface area contributed by atoms with Crippen molar-refractivity contribution in [2.45, 2.75) is 18.9 Å². The van der Waals surface area contributed by atoms with Crippen LogP contribution in [-0.2, 0) is 4.79 Å². The van der Waals surface area contributed by atoms with Crippen molar-refractivity contribution in [1.82, 2.24) is 4.90 Å². The summed E-state index contributed by atoms with van der Waals surface area (Å²) in [5.41, 5.74) is 2.15. The summed E-state index contributed by atoms with van der Waals surface area (Å²) in [5, 5.41) is 10.0. The first kappa shape index (κ1) is 16.2. The van der Waals surface area contributed by atoms with E-state index in [2.05, 4.69) is 22.1 Å². The van der Waals surface area contributed by atoms with E-state index < -0.39 is 0 Å². The molecule has 8 heteroatoms. The summed E-state index contributed by atoms with van der Waals surface area (Å²) < 4.78 is 5.38. The van der Waals surface area contributed by atoms with Crippen molar-refractivity contribution in [3.8, 4) is 5.75 Å². The zero-order valence-electron chi connectivity index (χ0n) is 13.3. The second-order valence-corrected chi connectivity index (χ2v) is 7.19. The standard InChI is InChI=1S/C17H16ClN3O3S/c18-11-6-13-15(24-8-16(22)19-13)7-12(11)20-17(23)21-4-1-2-14(21)10-3-5-25-9-10/h3,5-7,9,14H,1-2,4,8H2,(H,19,22)(H,20,23)/t14-/m1/s1. The molecule has 0 bridgehead atoms. The van der Waals surface area contributed by atoms with E-state index in [-0.39, 0.29) is 24.6 Å². The van der Waals surface area contributed by atoms with E-state index in [4.69, 9.17) is 16.3 Å². The van der Waals surface area contributed by atoms with Crippen LogP contribution >= 0.6 is 22.9 Å². The molecule has 1 aromatic carbocycles. The number of halogens is 1. The van der Waals surface area contributed by atoms with Crippen LogP contribution in [0.25, 0.3) is 0 Å². The second kappa shape index (κ2) is 6.57. The van der Waals surface area contributed by atoms with Gasteiger partial charge in [0.15, 0.2) is 6.61 Å². The fraction of sp³-hybridized carbons (Fsp3) is 0.294. The number of rotatable bonds is 2. The van der Waals surface area contributed by atoms with Crippen LogP contribution < -0.4 is 15.4 Å². The van der Waals surface area contributed by atoms with Gasteiger partial charge in [-0.25, -0.2) is 4.79 Å². The van der Waals surface area contributed by atoms with E-state index in [9.17, 15) is 9.59 Å². The topological polar surface area (TPSA) is 70.7 Å². The molecular formula is C17H16ClN3O3S. The van der Waals surface area contributed by atoms with Crippen molar-refractivity contribution in [2.24, 2.45) is 0 Å². The summed E-state index contributed by atoms with van der Waals surface area (Å²) in [6, 6.07) is 5.20. The predicted molar refractivity (Wildman–Crippen MR) is 97.6 cm³/mol. The largest absolute Gasteiger partial charge is 0.482 e. The maximum atomic E-state index is 12.7. The summed E-state index contributed by atoms with van der Waals surface area (Å²) in [5.74, 6) is 0.270. The number of nitrogens with one attached hydrogen (secondary N) is 2. The van der Waals surface area contributed by atoms with Gasteiger partial charge in [0.05, 0.1) is 22.4 Å². The number of anilines is 2. The van der Waals surface area contributed by atoms with Gasteiger partial charge in [0.2, 0.25) is 0 Å². The third-order valence-corrected chi connectivity index (χ3v) is 5.40. The number of nitrogens with zero attached hydrogens (tertiary/aromatic N) is 1. The van der Waals surface area contributed by atoms with Crippen LogP contribution in [0.1, 0.15) is 24.4 Å². The normalized spacial score (nSPS) is 19.2. The van der Waals surface area contributed by atoms with Crippen LogP contribution in [0.2, 0.25) is 5.02 Å². The number of fused-ring (bicyclic) bond motifs is 1. The van der Waals surface area contributed by atoms with Gasteiger partial charge >= 0.3 is 6.03 Å². The molecule has 1 aromatic heterocycles. The highest BCUT2D eigenvalue weighted by molar-refractivity contribution is 7.08. The van der Waals surface area contributed by atoms with Crippen LogP contribution in [0.3, 0.4) is 0 Å². The zero-order valence-corrected chi connectivity index (χ0v) is 14.8. The van der Waals surface area contributed by atoms with Crippen molar-refractivity contribution in [3.05, 3.63) is 39.5 Å². The molecule has 130 valence electrons. The Bertz CT molecular complexity index is 825. The number of carbonyl (C=O) groups is 2. The van der Waals surface area contributed by atoms with E-state index in [1.807, 2.05) is 10.3 Å². The lowest BCUT2D eigenvalue weighted by atomic mass is 10.1. The molecule has 0 spiro atoms. The summed E-state index contributed by atoms with van der Waals surface area (Å²) in [7, 11) is 0. The summed E-state index contributed by atoms with van der Waals surface area (Å²) >= 11 is 7.89. The molecule has 0 aliphatic carbocycles. The first-order chi connectivity index (χ1) is 12.1. The Hall–Kier alpha value is -2.25. The van der Waals surface area contributed by atoms with Gasteiger partial charge in [-0.15, -0.1) is 0 Å². The average Bonchev–Trinajstić information content (AvgIpc) is 3.26.